The summed E-state index contributed by atoms with van der Waals surface area (Å²) >= 11 is 0. The van der Waals surface area contributed by atoms with Crippen molar-refractivity contribution >= 4 is 11.5 Å². The van der Waals surface area contributed by atoms with Crippen LogP contribution in [0.2, 0.25) is 0 Å². The van der Waals surface area contributed by atoms with Crippen LogP contribution in [0.5, 0.6) is 0 Å². The van der Waals surface area contributed by atoms with Crippen molar-refractivity contribution in [3.63, 3.8) is 0 Å². The van der Waals surface area contributed by atoms with E-state index in [0.717, 1.165) is 24.6 Å². The molecule has 0 radical (unpaired) electrons. The summed E-state index contributed by atoms with van der Waals surface area (Å²) < 4.78 is 0. The number of rotatable bonds is 2. The molecule has 1 aliphatic rings. The molecule has 1 aromatic carbocycles. The first kappa shape index (κ1) is 10.2. The summed E-state index contributed by atoms with van der Waals surface area (Å²) in [5, 5.41) is 0. The molecule has 0 amide bonds. The Morgan fingerprint density at radius 2 is 2.13 bits per heavy atom. The maximum Gasteiger partial charge on any atom is 0.102 e. The van der Waals surface area contributed by atoms with E-state index in [0.29, 0.717) is 0 Å². The van der Waals surface area contributed by atoms with Gasteiger partial charge in [0.1, 0.15) is 5.84 Å². The van der Waals surface area contributed by atoms with Crippen LogP contribution in [-0.4, -0.2) is 17.3 Å². The molecule has 0 spiro atoms. The van der Waals surface area contributed by atoms with Crippen molar-refractivity contribution in [1.29, 1.82) is 0 Å². The predicted molar refractivity (Wildman–Crippen MR) is 64.6 cm³/mol. The van der Waals surface area contributed by atoms with Crippen molar-refractivity contribution in [1.82, 2.24) is 4.90 Å². The summed E-state index contributed by atoms with van der Waals surface area (Å²) in [6.45, 7) is 8.55. The summed E-state index contributed by atoms with van der Waals surface area (Å²) in [4.78, 5) is 6.98. The normalized spacial score (nSPS) is 14.9. The molecule has 0 unspecified atom stereocenters. The first-order chi connectivity index (χ1) is 7.20. The van der Waals surface area contributed by atoms with Crippen molar-refractivity contribution < 1.29 is 0 Å². The minimum Gasteiger partial charge on any atom is -0.356 e. The van der Waals surface area contributed by atoms with E-state index < -0.39 is 0 Å². The third-order valence-corrected chi connectivity index (χ3v) is 2.83. The number of hydrogen-bond donors (Lipinski definition) is 0. The largest absolute Gasteiger partial charge is 0.356 e. The van der Waals surface area contributed by atoms with Gasteiger partial charge in [-0.15, -0.1) is 0 Å². The van der Waals surface area contributed by atoms with Crippen molar-refractivity contribution in [3.05, 3.63) is 29.3 Å². The van der Waals surface area contributed by atoms with Crippen LogP contribution < -0.4 is 0 Å². The molecule has 2 nitrogen and oxygen atoms in total. The van der Waals surface area contributed by atoms with Crippen LogP contribution in [0.15, 0.2) is 23.2 Å². The van der Waals surface area contributed by atoms with Gasteiger partial charge < -0.3 is 4.90 Å². The third kappa shape index (κ3) is 2.04. The van der Waals surface area contributed by atoms with Crippen molar-refractivity contribution in [2.75, 3.05) is 6.54 Å². The minimum absolute atomic E-state index is 1.01. The Morgan fingerprint density at radius 1 is 1.33 bits per heavy atom. The molecule has 0 saturated heterocycles. The fourth-order valence-electron chi connectivity index (χ4n) is 2.03. The summed E-state index contributed by atoms with van der Waals surface area (Å²) in [6, 6.07) is 6.50. The average molecular weight is 202 g/mol. The average Bonchev–Trinajstić information content (AvgIpc) is 2.20. The summed E-state index contributed by atoms with van der Waals surface area (Å²) in [7, 11) is 0. The smallest absolute Gasteiger partial charge is 0.102 e. The molecule has 1 heterocycles. The molecule has 0 bridgehead atoms. The zero-order chi connectivity index (χ0) is 10.8. The van der Waals surface area contributed by atoms with Gasteiger partial charge in [0.05, 0.1) is 5.69 Å². The molecule has 1 aromatic rings. The van der Waals surface area contributed by atoms with Gasteiger partial charge in [-0.3, -0.25) is 0 Å². The second-order valence-corrected chi connectivity index (χ2v) is 4.21. The number of amidine groups is 1. The lowest BCUT2D eigenvalue weighted by Crippen LogP contribution is -2.31. The molecule has 80 valence electrons. The summed E-state index contributed by atoms with van der Waals surface area (Å²) in [6.07, 6.45) is 1.17. The van der Waals surface area contributed by atoms with E-state index in [1.807, 2.05) is 0 Å². The Kier molecular flexibility index (Phi) is 2.76. The van der Waals surface area contributed by atoms with Gasteiger partial charge in [0.25, 0.3) is 0 Å². The Morgan fingerprint density at radius 3 is 2.87 bits per heavy atom. The van der Waals surface area contributed by atoms with E-state index in [1.165, 1.54) is 17.5 Å². The molecule has 15 heavy (non-hydrogen) atoms. The van der Waals surface area contributed by atoms with Gasteiger partial charge in [-0.1, -0.05) is 24.6 Å². The third-order valence-electron chi connectivity index (χ3n) is 2.83. The van der Waals surface area contributed by atoms with Gasteiger partial charge in [0.15, 0.2) is 0 Å². The van der Waals surface area contributed by atoms with Gasteiger partial charge in [0.2, 0.25) is 0 Å². The predicted octanol–water partition coefficient (Wildman–Crippen LogP) is 3.27. The molecule has 0 N–H and O–H groups in total. The number of nitrogens with zero attached hydrogens (tertiary/aromatic N) is 2. The van der Waals surface area contributed by atoms with Gasteiger partial charge in [-0.05, 0) is 31.9 Å². The zero-order valence-corrected chi connectivity index (χ0v) is 9.75. The van der Waals surface area contributed by atoms with Crippen LogP contribution >= 0.6 is 0 Å². The van der Waals surface area contributed by atoms with Crippen molar-refractivity contribution in [2.24, 2.45) is 4.99 Å². The van der Waals surface area contributed by atoms with Gasteiger partial charge >= 0.3 is 0 Å². The number of hydrogen-bond acceptors (Lipinski definition) is 2. The van der Waals surface area contributed by atoms with E-state index >= 15 is 0 Å². The molecule has 0 atom stereocenters. The van der Waals surface area contributed by atoms with E-state index in [9.17, 15) is 0 Å². The maximum atomic E-state index is 4.63. The van der Waals surface area contributed by atoms with E-state index in [4.69, 9.17) is 0 Å². The van der Waals surface area contributed by atoms with E-state index in [2.05, 4.69) is 48.9 Å². The second kappa shape index (κ2) is 4.05. The lowest BCUT2D eigenvalue weighted by Gasteiger charge is -2.28. The van der Waals surface area contributed by atoms with Crippen LogP contribution in [0.1, 0.15) is 31.4 Å². The molecule has 0 aromatic heterocycles. The van der Waals surface area contributed by atoms with E-state index in [-0.39, 0.29) is 0 Å². The van der Waals surface area contributed by atoms with E-state index in [1.54, 1.807) is 0 Å². The number of benzene rings is 1. The minimum atomic E-state index is 1.01. The van der Waals surface area contributed by atoms with Gasteiger partial charge in [0, 0.05) is 13.1 Å². The number of aliphatic imine (C=N–C) groups is 1. The summed E-state index contributed by atoms with van der Waals surface area (Å²) in [5.41, 5.74) is 3.82. The lowest BCUT2D eigenvalue weighted by molar-refractivity contribution is 0.404. The highest BCUT2D eigenvalue weighted by Crippen LogP contribution is 2.26. The van der Waals surface area contributed by atoms with Crippen LogP contribution in [0.3, 0.4) is 0 Å². The monoisotopic (exact) mass is 202 g/mol. The molecule has 0 saturated carbocycles. The summed E-state index contributed by atoms with van der Waals surface area (Å²) in [5.74, 6) is 1.15. The molecule has 1 aliphatic heterocycles. The Hall–Kier alpha value is -1.31. The highest BCUT2D eigenvalue weighted by molar-refractivity contribution is 5.84. The van der Waals surface area contributed by atoms with Crippen LogP contribution in [-0.2, 0) is 6.54 Å². The maximum absolute atomic E-state index is 4.63. The molecular weight excluding hydrogens is 184 g/mol. The first-order valence-electron chi connectivity index (χ1n) is 5.60. The van der Waals surface area contributed by atoms with Gasteiger partial charge in [-0.2, -0.15) is 0 Å². The second-order valence-electron chi connectivity index (χ2n) is 4.21. The van der Waals surface area contributed by atoms with Crippen molar-refractivity contribution in [2.45, 2.75) is 33.7 Å². The highest BCUT2D eigenvalue weighted by Gasteiger charge is 2.15. The highest BCUT2D eigenvalue weighted by atomic mass is 15.2. The quantitative estimate of drug-likeness (QED) is 0.718. The number of aryl methyl sites for hydroxylation is 1. The standard InChI is InChI=1S/C13H18N2/c1-4-7-15-9-12-8-10(2)5-6-13(12)14-11(15)3/h5-6,8H,4,7,9H2,1-3H3. The number of fused-ring (bicyclic) bond motifs is 1. The van der Waals surface area contributed by atoms with Crippen LogP contribution in [0.4, 0.5) is 5.69 Å². The molecule has 2 heteroatoms. The van der Waals surface area contributed by atoms with Crippen LogP contribution in [0, 0.1) is 6.92 Å². The Balaban J connectivity index is 2.32. The lowest BCUT2D eigenvalue weighted by atomic mass is 10.1. The molecule has 0 fully saturated rings. The fourth-order valence-corrected chi connectivity index (χ4v) is 2.03. The van der Waals surface area contributed by atoms with Crippen LogP contribution in [0.25, 0.3) is 0 Å². The Bertz CT molecular complexity index is 394. The van der Waals surface area contributed by atoms with Gasteiger partial charge in [-0.25, -0.2) is 4.99 Å². The molecule has 2 rings (SSSR count). The topological polar surface area (TPSA) is 15.6 Å². The first-order valence-corrected chi connectivity index (χ1v) is 5.60. The zero-order valence-electron chi connectivity index (χ0n) is 9.75. The SMILES string of the molecule is CCCN1Cc2cc(C)ccc2N=C1C. The fraction of sp³-hybridized carbons (Fsp3) is 0.462. The molecule has 0 aliphatic carbocycles. The van der Waals surface area contributed by atoms with Crippen molar-refractivity contribution in [3.8, 4) is 0 Å². The Labute approximate surface area is 91.6 Å². The molecular formula is C13H18N2.